The van der Waals surface area contributed by atoms with Gasteiger partial charge >= 0.3 is 0 Å². The molecule has 0 radical (unpaired) electrons. The Morgan fingerprint density at radius 2 is 1.88 bits per heavy atom. The number of amides is 2. The minimum Gasteiger partial charge on any atom is -0.496 e. The van der Waals surface area contributed by atoms with E-state index in [1.807, 2.05) is 0 Å². The number of hydrogen-bond acceptors (Lipinski definition) is 4. The molecule has 1 fully saturated rings. The maximum Gasteiger partial charge on any atom is 0.270 e. The van der Waals surface area contributed by atoms with Gasteiger partial charge in [0.2, 0.25) is 0 Å². The largest absolute Gasteiger partial charge is 0.496 e. The number of carbonyl (C=O) groups excluding carboxylic acids is 2. The third-order valence-corrected chi connectivity index (χ3v) is 4.51. The number of ether oxygens (including phenoxy) is 1. The fraction of sp³-hybridized carbons (Fsp3) is 0.0556. The van der Waals surface area contributed by atoms with Gasteiger partial charge in [0.1, 0.15) is 11.3 Å². The summed E-state index contributed by atoms with van der Waals surface area (Å²) in [4.78, 5) is 26.5. The van der Waals surface area contributed by atoms with E-state index in [1.165, 1.54) is 19.3 Å². The van der Waals surface area contributed by atoms with Crippen LogP contribution in [0, 0.1) is 0 Å². The highest BCUT2D eigenvalue weighted by Crippen LogP contribution is 2.32. The summed E-state index contributed by atoms with van der Waals surface area (Å²) in [6.07, 6.45) is 1.45. The van der Waals surface area contributed by atoms with Crippen molar-refractivity contribution in [2.45, 2.75) is 0 Å². The summed E-state index contributed by atoms with van der Waals surface area (Å²) in [5.74, 6) is -0.647. The monoisotopic (exact) mass is 406 g/mol. The summed E-state index contributed by atoms with van der Waals surface area (Å²) in [6, 6.07) is 11.7. The van der Waals surface area contributed by atoms with Crippen molar-refractivity contribution >= 4 is 64.1 Å². The minimum absolute atomic E-state index is 0.0543. The molecule has 0 unspecified atom stereocenters. The highest BCUT2D eigenvalue weighted by Gasteiger charge is 2.35. The van der Waals surface area contributed by atoms with Crippen LogP contribution in [0.25, 0.3) is 6.08 Å². The van der Waals surface area contributed by atoms with Crippen molar-refractivity contribution in [3.63, 3.8) is 0 Å². The lowest BCUT2D eigenvalue weighted by Gasteiger charge is -2.29. The first-order valence-corrected chi connectivity index (χ1v) is 8.58. The molecule has 0 saturated carbocycles. The Kier molecular flexibility index (Phi) is 5.27. The quantitative estimate of drug-likeness (QED) is 0.477. The Bertz CT molecular complexity index is 959. The van der Waals surface area contributed by atoms with E-state index in [0.29, 0.717) is 22.0 Å². The zero-order valence-corrected chi connectivity index (χ0v) is 15.8. The Balaban J connectivity index is 2.07. The smallest absolute Gasteiger partial charge is 0.270 e. The van der Waals surface area contributed by atoms with Crippen LogP contribution in [0.4, 0.5) is 5.69 Å². The molecule has 0 spiro atoms. The molecule has 2 aromatic carbocycles. The number of nitrogens with one attached hydrogen (secondary N) is 1. The number of nitrogens with zero attached hydrogens (tertiary/aromatic N) is 1. The molecule has 0 aromatic heterocycles. The number of methoxy groups -OCH3 is 1. The summed E-state index contributed by atoms with van der Waals surface area (Å²) >= 11 is 17.3. The predicted octanol–water partition coefficient (Wildman–Crippen LogP) is 3.83. The number of rotatable bonds is 3. The number of benzene rings is 2. The Labute approximate surface area is 165 Å². The fourth-order valence-corrected chi connectivity index (χ4v) is 3.25. The topological polar surface area (TPSA) is 58.6 Å². The van der Waals surface area contributed by atoms with Crippen LogP contribution in [-0.4, -0.2) is 24.0 Å². The van der Waals surface area contributed by atoms with E-state index in [4.69, 9.17) is 40.2 Å². The molecule has 132 valence electrons. The molecule has 0 atom stereocenters. The number of thiocarbonyl (C=S) groups is 1. The zero-order chi connectivity index (χ0) is 18.8. The Morgan fingerprint density at radius 3 is 2.58 bits per heavy atom. The van der Waals surface area contributed by atoms with E-state index < -0.39 is 11.8 Å². The molecule has 1 aliphatic heterocycles. The second kappa shape index (κ2) is 7.45. The van der Waals surface area contributed by atoms with Gasteiger partial charge < -0.3 is 4.74 Å². The third kappa shape index (κ3) is 3.44. The van der Waals surface area contributed by atoms with E-state index in [2.05, 4.69) is 5.32 Å². The zero-order valence-electron chi connectivity index (χ0n) is 13.5. The number of halogens is 2. The third-order valence-electron chi connectivity index (χ3n) is 3.69. The summed E-state index contributed by atoms with van der Waals surface area (Å²) < 4.78 is 5.26. The molecular formula is C18H12Cl2N2O3S. The minimum atomic E-state index is -0.591. The maximum absolute atomic E-state index is 13.0. The first-order valence-electron chi connectivity index (χ1n) is 7.42. The van der Waals surface area contributed by atoms with Crippen molar-refractivity contribution in [3.8, 4) is 5.75 Å². The van der Waals surface area contributed by atoms with Crippen molar-refractivity contribution in [2.24, 2.45) is 0 Å². The molecule has 3 rings (SSSR count). The van der Waals surface area contributed by atoms with E-state index in [1.54, 1.807) is 36.4 Å². The van der Waals surface area contributed by atoms with E-state index in [0.717, 1.165) is 4.90 Å². The summed E-state index contributed by atoms with van der Waals surface area (Å²) in [5, 5.41) is 3.11. The molecule has 26 heavy (non-hydrogen) atoms. The number of carbonyl (C=O) groups is 2. The van der Waals surface area contributed by atoms with Gasteiger partial charge in [0.25, 0.3) is 11.8 Å². The average Bonchev–Trinajstić information content (AvgIpc) is 2.60. The summed E-state index contributed by atoms with van der Waals surface area (Å²) in [6.45, 7) is 0. The van der Waals surface area contributed by atoms with E-state index in [9.17, 15) is 9.59 Å². The lowest BCUT2D eigenvalue weighted by atomic mass is 10.1. The van der Waals surface area contributed by atoms with Crippen LogP contribution in [0.3, 0.4) is 0 Å². The molecule has 0 bridgehead atoms. The van der Waals surface area contributed by atoms with Crippen LogP contribution in [0.5, 0.6) is 5.75 Å². The number of para-hydroxylation sites is 1. The van der Waals surface area contributed by atoms with Gasteiger partial charge in [-0.3, -0.25) is 19.8 Å². The second-order valence-electron chi connectivity index (χ2n) is 5.30. The predicted molar refractivity (Wildman–Crippen MR) is 106 cm³/mol. The van der Waals surface area contributed by atoms with Gasteiger partial charge in [-0.15, -0.1) is 0 Å². The molecule has 1 saturated heterocycles. The summed E-state index contributed by atoms with van der Waals surface area (Å²) in [7, 11) is 1.51. The van der Waals surface area contributed by atoms with Gasteiger partial charge in [0, 0.05) is 10.6 Å². The van der Waals surface area contributed by atoms with E-state index in [-0.39, 0.29) is 15.7 Å². The van der Waals surface area contributed by atoms with Crippen LogP contribution < -0.4 is 15.0 Å². The Hall–Kier alpha value is -2.41. The molecule has 2 aromatic rings. The van der Waals surface area contributed by atoms with Gasteiger partial charge in [-0.25, -0.2) is 0 Å². The second-order valence-corrected chi connectivity index (χ2v) is 6.53. The lowest BCUT2D eigenvalue weighted by Crippen LogP contribution is -2.54. The molecule has 2 amide bonds. The van der Waals surface area contributed by atoms with Crippen molar-refractivity contribution in [2.75, 3.05) is 12.0 Å². The van der Waals surface area contributed by atoms with Crippen LogP contribution in [0.15, 0.2) is 48.0 Å². The molecule has 5 nitrogen and oxygen atoms in total. The fourth-order valence-electron chi connectivity index (χ4n) is 2.48. The number of anilines is 1. The van der Waals surface area contributed by atoms with Crippen LogP contribution in [0.1, 0.15) is 5.56 Å². The normalized spacial score (nSPS) is 16.0. The van der Waals surface area contributed by atoms with Crippen molar-refractivity contribution < 1.29 is 14.3 Å². The maximum atomic E-state index is 13.0. The summed E-state index contributed by atoms with van der Waals surface area (Å²) in [5.41, 5.74) is 0.828. The van der Waals surface area contributed by atoms with Crippen molar-refractivity contribution in [1.82, 2.24) is 5.32 Å². The van der Waals surface area contributed by atoms with Crippen LogP contribution >= 0.6 is 35.4 Å². The van der Waals surface area contributed by atoms with Crippen LogP contribution in [-0.2, 0) is 9.59 Å². The van der Waals surface area contributed by atoms with Crippen molar-refractivity contribution in [3.05, 3.63) is 63.6 Å². The van der Waals surface area contributed by atoms with Gasteiger partial charge in [0.05, 0.1) is 17.8 Å². The van der Waals surface area contributed by atoms with E-state index >= 15 is 0 Å². The average molecular weight is 407 g/mol. The first-order chi connectivity index (χ1) is 12.4. The molecule has 1 N–H and O–H groups in total. The SMILES string of the molecule is COc1ccccc1C=C1C(=O)NC(=S)N(c2ccc(Cl)cc2Cl)C1=O. The molecule has 1 heterocycles. The van der Waals surface area contributed by atoms with Crippen molar-refractivity contribution in [1.29, 1.82) is 0 Å². The Morgan fingerprint density at radius 1 is 1.15 bits per heavy atom. The first kappa shape index (κ1) is 18.4. The molecule has 8 heteroatoms. The van der Waals surface area contributed by atoms with Gasteiger partial charge in [-0.2, -0.15) is 0 Å². The molecule has 0 aliphatic carbocycles. The van der Waals surface area contributed by atoms with Gasteiger partial charge in [-0.05, 0) is 42.6 Å². The van der Waals surface area contributed by atoms with Gasteiger partial charge in [0.15, 0.2) is 5.11 Å². The lowest BCUT2D eigenvalue weighted by molar-refractivity contribution is -0.122. The van der Waals surface area contributed by atoms with Crippen LogP contribution in [0.2, 0.25) is 10.0 Å². The highest BCUT2D eigenvalue weighted by molar-refractivity contribution is 7.80. The molecular weight excluding hydrogens is 395 g/mol. The number of hydrogen-bond donors (Lipinski definition) is 1. The molecule has 1 aliphatic rings. The van der Waals surface area contributed by atoms with Gasteiger partial charge in [-0.1, -0.05) is 41.4 Å². The highest BCUT2D eigenvalue weighted by atomic mass is 35.5. The standard InChI is InChI=1S/C18H12Cl2N2O3S/c1-25-15-5-3-2-4-10(15)8-12-16(23)21-18(26)22(17(12)24)14-7-6-11(19)9-13(14)20/h2-9H,1H3,(H,21,23,26).